The largest absolute Gasteiger partial charge is 0.482 e. The lowest BCUT2D eigenvalue weighted by atomic mass is 10.2. The minimum Gasteiger partial charge on any atom is -0.482 e. The first-order valence-electron chi connectivity index (χ1n) is 8.80. The van der Waals surface area contributed by atoms with E-state index in [0.717, 1.165) is 5.56 Å². The lowest BCUT2D eigenvalue weighted by molar-refractivity contribution is -0.118. The van der Waals surface area contributed by atoms with Gasteiger partial charge in [-0.2, -0.15) is 0 Å². The monoisotopic (exact) mass is 464 g/mol. The van der Waals surface area contributed by atoms with Crippen LogP contribution < -0.4 is 14.8 Å². The highest BCUT2D eigenvalue weighted by molar-refractivity contribution is 7.92. The summed E-state index contributed by atoms with van der Waals surface area (Å²) in [5, 5.41) is 3.39. The molecule has 0 aliphatic heterocycles. The fourth-order valence-corrected chi connectivity index (χ4v) is 4.01. The van der Waals surface area contributed by atoms with Gasteiger partial charge in [0.15, 0.2) is 6.61 Å². The Labute approximate surface area is 184 Å². The van der Waals surface area contributed by atoms with Gasteiger partial charge in [-0.15, -0.1) is 0 Å². The highest BCUT2D eigenvalue weighted by Gasteiger charge is 2.14. The van der Waals surface area contributed by atoms with Gasteiger partial charge in [0.2, 0.25) is 0 Å². The van der Waals surface area contributed by atoms with Crippen molar-refractivity contribution in [2.24, 2.45) is 0 Å². The van der Waals surface area contributed by atoms with E-state index >= 15 is 0 Å². The number of hydrogen-bond acceptors (Lipinski definition) is 4. The van der Waals surface area contributed by atoms with Gasteiger partial charge in [0.25, 0.3) is 15.9 Å². The van der Waals surface area contributed by atoms with Gasteiger partial charge in [-0.25, -0.2) is 8.42 Å². The van der Waals surface area contributed by atoms with E-state index in [-0.39, 0.29) is 11.5 Å². The van der Waals surface area contributed by atoms with Crippen LogP contribution in [0.2, 0.25) is 10.0 Å². The van der Waals surface area contributed by atoms with Crippen molar-refractivity contribution in [3.8, 4) is 5.75 Å². The van der Waals surface area contributed by atoms with Gasteiger partial charge in [-0.1, -0.05) is 40.9 Å². The first-order chi connectivity index (χ1) is 14.2. The van der Waals surface area contributed by atoms with Crippen molar-refractivity contribution in [3.63, 3.8) is 0 Å². The molecule has 6 nitrogen and oxygen atoms in total. The number of nitrogens with one attached hydrogen (secondary N) is 2. The SMILES string of the molecule is Cc1ccc(NS(=O)(=O)c2ccc(NC(=O)COc3ccc(Cl)cc3Cl)cc2)cc1. The highest BCUT2D eigenvalue weighted by Crippen LogP contribution is 2.27. The standard InChI is InChI=1S/C21H18Cl2N2O4S/c1-14-2-5-17(6-3-14)25-30(27,28)18-9-7-16(8-10-18)24-21(26)13-29-20-11-4-15(22)12-19(20)23/h2-12,25H,13H2,1H3,(H,24,26). The second-order valence-corrected chi connectivity index (χ2v) is 8.93. The number of carbonyl (C=O) groups excluding carboxylic acids is 1. The molecule has 30 heavy (non-hydrogen) atoms. The Morgan fingerprint density at radius 3 is 2.20 bits per heavy atom. The third-order valence-electron chi connectivity index (χ3n) is 4.00. The highest BCUT2D eigenvalue weighted by atomic mass is 35.5. The normalized spacial score (nSPS) is 11.0. The number of hydrogen-bond donors (Lipinski definition) is 2. The molecule has 3 aromatic carbocycles. The molecule has 0 saturated carbocycles. The van der Waals surface area contributed by atoms with E-state index in [2.05, 4.69) is 10.0 Å². The average Bonchev–Trinajstić information content (AvgIpc) is 2.69. The zero-order chi connectivity index (χ0) is 21.7. The molecule has 0 bridgehead atoms. The topological polar surface area (TPSA) is 84.5 Å². The molecule has 9 heteroatoms. The van der Waals surface area contributed by atoms with Crippen molar-refractivity contribution in [1.29, 1.82) is 0 Å². The van der Waals surface area contributed by atoms with Gasteiger partial charge < -0.3 is 10.1 Å². The predicted octanol–water partition coefficient (Wildman–Crippen LogP) is 5.12. The first kappa shape index (κ1) is 22.0. The lowest BCUT2D eigenvalue weighted by Gasteiger charge is -2.11. The van der Waals surface area contributed by atoms with Crippen molar-refractivity contribution < 1.29 is 17.9 Å². The molecule has 0 fully saturated rings. The third-order valence-corrected chi connectivity index (χ3v) is 5.93. The molecule has 0 atom stereocenters. The van der Waals surface area contributed by atoms with Crippen LogP contribution in [0.25, 0.3) is 0 Å². The second kappa shape index (κ2) is 9.38. The molecule has 0 spiro atoms. The van der Waals surface area contributed by atoms with E-state index in [1.54, 1.807) is 24.3 Å². The maximum absolute atomic E-state index is 12.5. The Morgan fingerprint density at radius 2 is 1.57 bits per heavy atom. The smallest absolute Gasteiger partial charge is 0.262 e. The molecular formula is C21H18Cl2N2O4S. The summed E-state index contributed by atoms with van der Waals surface area (Å²) < 4.78 is 32.9. The maximum Gasteiger partial charge on any atom is 0.262 e. The van der Waals surface area contributed by atoms with Crippen LogP contribution in [-0.2, 0) is 14.8 Å². The minimum absolute atomic E-state index is 0.0743. The molecule has 3 rings (SSSR count). The minimum atomic E-state index is -3.74. The molecule has 0 radical (unpaired) electrons. The van der Waals surface area contributed by atoms with Crippen LogP contribution in [0.3, 0.4) is 0 Å². The Kier molecular flexibility index (Phi) is 6.87. The summed E-state index contributed by atoms with van der Waals surface area (Å²) in [5.74, 6) is -0.0887. The lowest BCUT2D eigenvalue weighted by Crippen LogP contribution is -2.20. The fourth-order valence-electron chi connectivity index (χ4n) is 2.49. The molecule has 0 saturated heterocycles. The van der Waals surface area contributed by atoms with Crippen molar-refractivity contribution in [3.05, 3.63) is 82.3 Å². The number of benzene rings is 3. The van der Waals surface area contributed by atoms with Gasteiger partial charge >= 0.3 is 0 Å². The summed E-state index contributed by atoms with van der Waals surface area (Å²) in [6.07, 6.45) is 0. The van der Waals surface area contributed by atoms with Crippen LogP contribution in [0.15, 0.2) is 71.6 Å². The van der Waals surface area contributed by atoms with Crippen molar-refractivity contribution >= 4 is 50.5 Å². The van der Waals surface area contributed by atoms with Gasteiger partial charge in [-0.3, -0.25) is 9.52 Å². The summed E-state index contributed by atoms with van der Waals surface area (Å²) in [4.78, 5) is 12.2. The number of halogens is 2. The molecule has 1 amide bonds. The Bertz CT molecular complexity index is 1150. The molecule has 3 aromatic rings. The quantitative estimate of drug-likeness (QED) is 0.507. The van der Waals surface area contributed by atoms with Crippen LogP contribution in [0, 0.1) is 6.92 Å². The number of ether oxygens (including phenoxy) is 1. The summed E-state index contributed by atoms with van der Waals surface area (Å²) in [6.45, 7) is 1.65. The van der Waals surface area contributed by atoms with Crippen LogP contribution in [0.5, 0.6) is 5.75 Å². The van der Waals surface area contributed by atoms with Crippen LogP contribution >= 0.6 is 23.2 Å². The zero-order valence-corrected chi connectivity index (χ0v) is 18.2. The van der Waals surface area contributed by atoms with Crippen molar-refractivity contribution in [2.75, 3.05) is 16.6 Å². The summed E-state index contributed by atoms with van der Waals surface area (Å²) in [7, 11) is -3.74. The van der Waals surface area contributed by atoms with E-state index in [0.29, 0.717) is 27.2 Å². The molecular weight excluding hydrogens is 447 g/mol. The van der Waals surface area contributed by atoms with Crippen molar-refractivity contribution in [2.45, 2.75) is 11.8 Å². The number of aryl methyl sites for hydroxylation is 1. The molecule has 156 valence electrons. The predicted molar refractivity (Wildman–Crippen MR) is 119 cm³/mol. The third kappa shape index (κ3) is 5.89. The summed E-state index contributed by atoms with van der Waals surface area (Å²) in [5.41, 5.74) is 1.93. The average molecular weight is 465 g/mol. The van der Waals surface area contributed by atoms with Crippen molar-refractivity contribution in [1.82, 2.24) is 0 Å². The molecule has 2 N–H and O–H groups in total. The maximum atomic E-state index is 12.5. The van der Waals surface area contributed by atoms with Crippen LogP contribution in [0.4, 0.5) is 11.4 Å². The first-order valence-corrected chi connectivity index (χ1v) is 11.0. The summed E-state index contributed by atoms with van der Waals surface area (Å²) in [6, 6.07) is 17.5. The Morgan fingerprint density at radius 1 is 0.933 bits per heavy atom. The zero-order valence-electron chi connectivity index (χ0n) is 15.9. The molecule has 0 heterocycles. The van der Waals surface area contributed by atoms with E-state index in [1.807, 2.05) is 19.1 Å². The second-order valence-electron chi connectivity index (χ2n) is 6.41. The van der Waals surface area contributed by atoms with Gasteiger partial charge in [0, 0.05) is 16.4 Å². The number of sulfonamides is 1. The van der Waals surface area contributed by atoms with Crippen LogP contribution in [0.1, 0.15) is 5.56 Å². The van der Waals surface area contributed by atoms with Gasteiger partial charge in [0.05, 0.1) is 9.92 Å². The number of carbonyl (C=O) groups is 1. The molecule has 0 aromatic heterocycles. The van der Waals surface area contributed by atoms with Gasteiger partial charge in [0.1, 0.15) is 5.75 Å². The number of anilines is 2. The van der Waals surface area contributed by atoms with Gasteiger partial charge in [-0.05, 0) is 61.5 Å². The molecule has 0 unspecified atom stereocenters. The van der Waals surface area contributed by atoms with E-state index in [9.17, 15) is 13.2 Å². The number of rotatable bonds is 7. The van der Waals surface area contributed by atoms with E-state index in [1.165, 1.54) is 30.3 Å². The Hall–Kier alpha value is -2.74. The number of amides is 1. The molecule has 0 aliphatic rings. The fraction of sp³-hybridized carbons (Fsp3) is 0.0952. The Balaban J connectivity index is 1.59. The molecule has 0 aliphatic carbocycles. The van der Waals surface area contributed by atoms with E-state index < -0.39 is 15.9 Å². The van der Waals surface area contributed by atoms with Crippen LogP contribution in [-0.4, -0.2) is 20.9 Å². The van der Waals surface area contributed by atoms with E-state index in [4.69, 9.17) is 27.9 Å². The summed E-state index contributed by atoms with van der Waals surface area (Å²) >= 11 is 11.8.